The van der Waals surface area contributed by atoms with Crippen molar-refractivity contribution in [3.8, 4) is 0 Å². The Morgan fingerprint density at radius 1 is 1.54 bits per heavy atom. The number of hydrogen-bond donors (Lipinski definition) is 3. The Hall–Kier alpha value is -1.55. The highest BCUT2D eigenvalue weighted by atomic mass is 16.4. The Morgan fingerprint density at radius 3 is 2.62 bits per heavy atom. The topological polar surface area (TPSA) is 89.3 Å². The van der Waals surface area contributed by atoms with Crippen molar-refractivity contribution >= 4 is 11.7 Å². The summed E-state index contributed by atoms with van der Waals surface area (Å²) >= 11 is 0. The molecule has 70 valence electrons. The molecule has 0 aliphatic carbocycles. The molecule has 0 unspecified atom stereocenters. The van der Waals surface area contributed by atoms with Crippen molar-refractivity contribution < 1.29 is 9.90 Å². The van der Waals surface area contributed by atoms with Crippen LogP contribution < -0.4 is 11.5 Å². The molecule has 1 rings (SSSR count). The first-order valence-corrected chi connectivity index (χ1v) is 3.83. The number of aliphatic carboxylic acids is 1. The second-order valence-electron chi connectivity index (χ2n) is 3.13. The van der Waals surface area contributed by atoms with Crippen molar-refractivity contribution in [3.05, 3.63) is 29.8 Å². The normalized spacial score (nSPS) is 14.9. The first-order valence-electron chi connectivity index (χ1n) is 3.83. The first kappa shape index (κ1) is 9.54. The summed E-state index contributed by atoms with van der Waals surface area (Å²) in [6, 6.07) is 6.57. The van der Waals surface area contributed by atoms with Crippen molar-refractivity contribution in [1.82, 2.24) is 0 Å². The van der Waals surface area contributed by atoms with Crippen LogP contribution in [0.15, 0.2) is 24.3 Å². The van der Waals surface area contributed by atoms with Crippen LogP contribution >= 0.6 is 0 Å². The van der Waals surface area contributed by atoms with Crippen LogP contribution in [0.1, 0.15) is 12.5 Å². The summed E-state index contributed by atoms with van der Waals surface area (Å²) in [7, 11) is 0. The van der Waals surface area contributed by atoms with Gasteiger partial charge in [-0.2, -0.15) is 0 Å². The first-order chi connectivity index (χ1) is 5.94. The molecule has 0 aliphatic rings. The van der Waals surface area contributed by atoms with Gasteiger partial charge in [-0.25, -0.2) is 4.79 Å². The van der Waals surface area contributed by atoms with E-state index in [-0.39, 0.29) is 0 Å². The molecular weight excluding hydrogens is 168 g/mol. The number of anilines is 1. The number of benzene rings is 1. The van der Waals surface area contributed by atoms with Crippen LogP contribution in [0.5, 0.6) is 0 Å². The Bertz CT molecular complexity index is 334. The molecule has 0 saturated carbocycles. The largest absolute Gasteiger partial charge is 0.480 e. The second-order valence-corrected chi connectivity index (χ2v) is 3.13. The fraction of sp³-hybridized carbons (Fsp3) is 0.222. The molecule has 4 heteroatoms. The molecular formula is C9H12N2O2. The van der Waals surface area contributed by atoms with E-state index < -0.39 is 11.5 Å². The van der Waals surface area contributed by atoms with Gasteiger partial charge in [0.05, 0.1) is 0 Å². The molecule has 0 bridgehead atoms. The summed E-state index contributed by atoms with van der Waals surface area (Å²) in [6.07, 6.45) is 0. The van der Waals surface area contributed by atoms with Gasteiger partial charge in [-0.3, -0.25) is 0 Å². The molecule has 1 aromatic carbocycles. The van der Waals surface area contributed by atoms with E-state index in [1.54, 1.807) is 24.3 Å². The number of hydrogen-bond acceptors (Lipinski definition) is 3. The minimum absolute atomic E-state index is 0.500. The van der Waals surface area contributed by atoms with Gasteiger partial charge < -0.3 is 16.6 Å². The smallest absolute Gasteiger partial charge is 0.328 e. The Kier molecular flexibility index (Phi) is 2.25. The molecule has 0 saturated heterocycles. The summed E-state index contributed by atoms with van der Waals surface area (Å²) in [6.45, 7) is 1.43. The lowest BCUT2D eigenvalue weighted by molar-refractivity contribution is -0.143. The van der Waals surface area contributed by atoms with E-state index in [4.69, 9.17) is 16.6 Å². The third kappa shape index (κ3) is 1.78. The zero-order valence-electron chi connectivity index (χ0n) is 7.32. The predicted octanol–water partition coefficient (Wildman–Crippen LogP) is 0.527. The standard InChI is InChI=1S/C9H12N2O2/c1-9(11,8(12)13)6-3-2-4-7(10)5-6/h2-5H,10-11H2,1H3,(H,12,13)/t9-/m1/s1. The molecule has 0 radical (unpaired) electrons. The summed E-state index contributed by atoms with van der Waals surface area (Å²) in [5, 5.41) is 8.82. The summed E-state index contributed by atoms with van der Waals surface area (Å²) in [4.78, 5) is 10.8. The quantitative estimate of drug-likeness (QED) is 0.579. The lowest BCUT2D eigenvalue weighted by atomic mass is 9.93. The van der Waals surface area contributed by atoms with E-state index in [0.29, 0.717) is 11.3 Å². The molecule has 0 aromatic heterocycles. The molecule has 5 N–H and O–H groups in total. The molecule has 0 heterocycles. The van der Waals surface area contributed by atoms with Gasteiger partial charge in [-0.1, -0.05) is 12.1 Å². The maximum atomic E-state index is 10.8. The lowest BCUT2D eigenvalue weighted by Gasteiger charge is -2.19. The van der Waals surface area contributed by atoms with E-state index in [0.717, 1.165) is 0 Å². The molecule has 4 nitrogen and oxygen atoms in total. The van der Waals surface area contributed by atoms with Crippen LogP contribution in [0.4, 0.5) is 5.69 Å². The van der Waals surface area contributed by atoms with Crippen LogP contribution in [0.2, 0.25) is 0 Å². The second kappa shape index (κ2) is 3.06. The Balaban J connectivity index is 3.14. The zero-order chi connectivity index (χ0) is 10.1. The molecule has 1 atom stereocenters. The van der Waals surface area contributed by atoms with Crippen LogP contribution in [0, 0.1) is 0 Å². The van der Waals surface area contributed by atoms with Crippen molar-refractivity contribution in [3.63, 3.8) is 0 Å². The fourth-order valence-electron chi connectivity index (χ4n) is 0.985. The van der Waals surface area contributed by atoms with Gasteiger partial charge >= 0.3 is 5.97 Å². The number of nitrogens with two attached hydrogens (primary N) is 2. The van der Waals surface area contributed by atoms with E-state index in [1.165, 1.54) is 6.92 Å². The highest BCUT2D eigenvalue weighted by Crippen LogP contribution is 2.19. The van der Waals surface area contributed by atoms with Gasteiger partial charge in [-0.15, -0.1) is 0 Å². The molecule has 13 heavy (non-hydrogen) atoms. The van der Waals surface area contributed by atoms with Crippen molar-refractivity contribution in [2.45, 2.75) is 12.5 Å². The fourth-order valence-corrected chi connectivity index (χ4v) is 0.985. The van der Waals surface area contributed by atoms with Gasteiger partial charge in [0.2, 0.25) is 0 Å². The van der Waals surface area contributed by atoms with Gasteiger partial charge in [0.15, 0.2) is 0 Å². The highest BCUT2D eigenvalue weighted by Gasteiger charge is 2.29. The molecule has 1 aromatic rings. The van der Waals surface area contributed by atoms with Crippen molar-refractivity contribution in [1.29, 1.82) is 0 Å². The minimum atomic E-state index is -1.38. The maximum Gasteiger partial charge on any atom is 0.328 e. The molecule has 0 aliphatic heterocycles. The molecule has 0 amide bonds. The van der Waals surface area contributed by atoms with Crippen LogP contribution in [-0.4, -0.2) is 11.1 Å². The number of carboxylic acids is 1. The summed E-state index contributed by atoms with van der Waals surface area (Å²) < 4.78 is 0. The minimum Gasteiger partial charge on any atom is -0.480 e. The van der Waals surface area contributed by atoms with Gasteiger partial charge in [-0.05, 0) is 24.6 Å². The van der Waals surface area contributed by atoms with Crippen molar-refractivity contribution in [2.24, 2.45) is 5.73 Å². The molecule has 0 fully saturated rings. The van der Waals surface area contributed by atoms with E-state index >= 15 is 0 Å². The SMILES string of the molecule is C[C@](N)(C(=O)O)c1cccc(N)c1. The maximum absolute atomic E-state index is 10.8. The molecule has 0 spiro atoms. The number of nitrogen functional groups attached to an aromatic ring is 1. The third-order valence-corrected chi connectivity index (χ3v) is 1.93. The number of carboxylic acid groups (broad SMARTS) is 1. The summed E-state index contributed by atoms with van der Waals surface area (Å²) in [5.41, 5.74) is 10.7. The van der Waals surface area contributed by atoms with Gasteiger partial charge in [0.1, 0.15) is 5.54 Å². The van der Waals surface area contributed by atoms with E-state index in [1.807, 2.05) is 0 Å². The number of rotatable bonds is 2. The zero-order valence-corrected chi connectivity index (χ0v) is 7.32. The third-order valence-electron chi connectivity index (χ3n) is 1.93. The Morgan fingerprint density at radius 2 is 2.15 bits per heavy atom. The van der Waals surface area contributed by atoms with Crippen LogP contribution in [-0.2, 0) is 10.3 Å². The average Bonchev–Trinajstić information content (AvgIpc) is 2.04. The summed E-state index contributed by atoms with van der Waals surface area (Å²) in [5.74, 6) is -1.07. The van der Waals surface area contributed by atoms with Crippen LogP contribution in [0.3, 0.4) is 0 Å². The van der Waals surface area contributed by atoms with Gasteiger partial charge in [0, 0.05) is 5.69 Å². The van der Waals surface area contributed by atoms with Crippen LogP contribution in [0.25, 0.3) is 0 Å². The predicted molar refractivity (Wildman–Crippen MR) is 50.0 cm³/mol. The highest BCUT2D eigenvalue weighted by molar-refractivity contribution is 5.80. The number of carbonyl (C=O) groups is 1. The van der Waals surface area contributed by atoms with Gasteiger partial charge in [0.25, 0.3) is 0 Å². The monoisotopic (exact) mass is 180 g/mol. The van der Waals surface area contributed by atoms with E-state index in [2.05, 4.69) is 0 Å². The van der Waals surface area contributed by atoms with E-state index in [9.17, 15) is 4.79 Å². The van der Waals surface area contributed by atoms with Crippen molar-refractivity contribution in [2.75, 3.05) is 5.73 Å². The Labute approximate surface area is 76.2 Å². The average molecular weight is 180 g/mol. The lowest BCUT2D eigenvalue weighted by Crippen LogP contribution is -2.41.